The van der Waals surface area contributed by atoms with Gasteiger partial charge >= 0.3 is 6.18 Å². The first-order valence-corrected chi connectivity index (χ1v) is 11.8. The van der Waals surface area contributed by atoms with E-state index in [0.717, 1.165) is 54.8 Å². The number of alkyl halides is 3. The monoisotopic (exact) mass is 492 g/mol. The van der Waals surface area contributed by atoms with E-state index in [4.69, 9.17) is 0 Å². The predicted molar refractivity (Wildman–Crippen MR) is 131 cm³/mol. The van der Waals surface area contributed by atoms with E-state index in [9.17, 15) is 22.8 Å². The molecule has 2 N–H and O–H groups in total. The number of imidazole rings is 1. The molecule has 0 radical (unpaired) electrons. The minimum atomic E-state index is -4.79. The van der Waals surface area contributed by atoms with Crippen LogP contribution < -0.4 is 5.32 Å². The molecule has 2 atom stereocenters. The van der Waals surface area contributed by atoms with Crippen LogP contribution in [0.2, 0.25) is 0 Å². The lowest BCUT2D eigenvalue weighted by molar-refractivity contribution is -0.139. The fourth-order valence-electron chi connectivity index (χ4n) is 5.08. The van der Waals surface area contributed by atoms with Gasteiger partial charge in [0.25, 0.3) is 0 Å². The normalized spacial score (nSPS) is 20.3. The zero-order chi connectivity index (χ0) is 25.4. The number of hydrogen-bond donors (Lipinski definition) is 2. The molecule has 3 aromatic rings. The molecule has 0 spiro atoms. The number of rotatable bonds is 3. The molecule has 2 heterocycles. The van der Waals surface area contributed by atoms with Crippen LogP contribution in [0.1, 0.15) is 42.3 Å². The molecule has 5 rings (SSSR count). The lowest BCUT2D eigenvalue weighted by atomic mass is 9.77. The minimum Gasteiger partial charge on any atom is -0.338 e. The van der Waals surface area contributed by atoms with Gasteiger partial charge in [0.2, 0.25) is 0 Å². The third-order valence-electron chi connectivity index (χ3n) is 6.87. The molecule has 0 bridgehead atoms. The molecule has 1 aliphatic carbocycles. The van der Waals surface area contributed by atoms with Gasteiger partial charge in [-0.15, -0.1) is 0 Å². The molecule has 8 heteroatoms. The maximum Gasteiger partial charge on any atom is 0.419 e. The average molecular weight is 493 g/mol. The molecule has 1 saturated heterocycles. The van der Waals surface area contributed by atoms with E-state index in [1.54, 1.807) is 6.07 Å². The number of piperidine rings is 1. The van der Waals surface area contributed by atoms with Crippen molar-refractivity contribution in [2.45, 2.75) is 25.9 Å². The smallest absolute Gasteiger partial charge is 0.338 e. The third-order valence-corrected chi connectivity index (χ3v) is 6.87. The van der Waals surface area contributed by atoms with E-state index in [0.29, 0.717) is 11.4 Å². The molecule has 36 heavy (non-hydrogen) atoms. The molecule has 2 unspecified atom stereocenters. The number of H-pyrrole nitrogens is 1. The Balaban J connectivity index is 1.57. The number of fused-ring (bicyclic) bond motifs is 1. The summed E-state index contributed by atoms with van der Waals surface area (Å²) in [7, 11) is 0. The van der Waals surface area contributed by atoms with Crippen molar-refractivity contribution in [3.8, 4) is 6.07 Å². The van der Waals surface area contributed by atoms with Gasteiger partial charge in [0.15, 0.2) is 0 Å². The van der Waals surface area contributed by atoms with Gasteiger partial charge in [-0.1, -0.05) is 42.9 Å². The second kappa shape index (κ2) is 9.40. The van der Waals surface area contributed by atoms with Crippen LogP contribution in [0, 0.1) is 29.0 Å². The summed E-state index contributed by atoms with van der Waals surface area (Å²) in [5.74, 6) is -0.856. The van der Waals surface area contributed by atoms with Crippen molar-refractivity contribution in [3.63, 3.8) is 0 Å². The van der Waals surface area contributed by atoms with Gasteiger partial charge in [0.05, 0.1) is 28.2 Å². The van der Waals surface area contributed by atoms with Gasteiger partial charge in [-0.2, -0.15) is 18.4 Å². The molecule has 0 amide bonds. The number of hydrogen-bond acceptors (Lipinski definition) is 3. The standard InChI is InChI=1S/C28H24F4N4/c1-16-11-20(19-4-2-3-17(12-19)15-33)5-6-21(16)26(18-7-9-34-10-8-18)27-35-24-13-22(28(30,31)32)23(29)14-25(24)36-27/h2-6,11-14,16,21,34H,7-10H2,1H3,(H,35,36). The van der Waals surface area contributed by atoms with Crippen LogP contribution in [0.5, 0.6) is 0 Å². The van der Waals surface area contributed by atoms with Gasteiger partial charge in [-0.3, -0.25) is 0 Å². The highest BCUT2D eigenvalue weighted by Crippen LogP contribution is 2.41. The highest BCUT2D eigenvalue weighted by molar-refractivity contribution is 5.83. The molecule has 2 aliphatic rings. The van der Waals surface area contributed by atoms with Gasteiger partial charge in [0, 0.05) is 17.6 Å². The molecular weight excluding hydrogens is 468 g/mol. The fraction of sp³-hybridized carbons (Fsp3) is 0.286. The molecule has 4 nitrogen and oxygen atoms in total. The summed E-state index contributed by atoms with van der Waals surface area (Å²) in [5, 5.41) is 12.6. The van der Waals surface area contributed by atoms with Gasteiger partial charge in [-0.05, 0) is 61.2 Å². The molecule has 184 valence electrons. The van der Waals surface area contributed by atoms with E-state index in [1.165, 1.54) is 5.57 Å². The number of halogens is 4. The molecule has 1 fully saturated rings. The van der Waals surface area contributed by atoms with Crippen molar-refractivity contribution in [1.29, 1.82) is 5.26 Å². The summed E-state index contributed by atoms with van der Waals surface area (Å²) in [6.45, 7) is 3.70. The van der Waals surface area contributed by atoms with Crippen molar-refractivity contribution in [3.05, 3.63) is 88.5 Å². The second-order valence-electron chi connectivity index (χ2n) is 9.26. The summed E-state index contributed by atoms with van der Waals surface area (Å²) in [5.41, 5.74) is 3.70. The van der Waals surface area contributed by atoms with Crippen LogP contribution in [0.15, 0.2) is 60.2 Å². The van der Waals surface area contributed by atoms with Crippen molar-refractivity contribution >= 4 is 22.2 Å². The topological polar surface area (TPSA) is 64.5 Å². The van der Waals surface area contributed by atoms with Crippen molar-refractivity contribution < 1.29 is 17.6 Å². The van der Waals surface area contributed by atoms with E-state index >= 15 is 0 Å². The zero-order valence-corrected chi connectivity index (χ0v) is 19.6. The lowest BCUT2D eigenvalue weighted by Gasteiger charge is -2.29. The zero-order valence-electron chi connectivity index (χ0n) is 19.6. The number of nitriles is 1. The molecule has 0 saturated carbocycles. The lowest BCUT2D eigenvalue weighted by Crippen LogP contribution is -2.25. The van der Waals surface area contributed by atoms with E-state index in [-0.39, 0.29) is 22.9 Å². The van der Waals surface area contributed by atoms with Crippen LogP contribution in [0.4, 0.5) is 17.6 Å². The van der Waals surface area contributed by atoms with Gasteiger partial charge in [0.1, 0.15) is 11.6 Å². The molecular formula is C28H24F4N4. The third kappa shape index (κ3) is 4.59. The summed E-state index contributed by atoms with van der Waals surface area (Å²) in [6.07, 6.45) is 3.07. The predicted octanol–water partition coefficient (Wildman–Crippen LogP) is 6.64. The summed E-state index contributed by atoms with van der Waals surface area (Å²) in [4.78, 5) is 7.61. The van der Waals surface area contributed by atoms with Crippen LogP contribution in [0.3, 0.4) is 0 Å². The molecule has 1 aromatic heterocycles. The first-order chi connectivity index (χ1) is 17.2. The number of nitrogens with zero attached hydrogens (tertiary/aromatic N) is 2. The summed E-state index contributed by atoms with van der Waals surface area (Å²) >= 11 is 0. The Bertz CT molecular complexity index is 1440. The Hall–Kier alpha value is -3.70. The van der Waals surface area contributed by atoms with Gasteiger partial charge in [-0.25, -0.2) is 9.37 Å². The summed E-state index contributed by atoms with van der Waals surface area (Å²) < 4.78 is 54.0. The highest BCUT2D eigenvalue weighted by Gasteiger charge is 2.35. The number of allylic oxidation sites excluding steroid dienone is 5. The highest BCUT2D eigenvalue weighted by atomic mass is 19.4. The minimum absolute atomic E-state index is 0.0591. The van der Waals surface area contributed by atoms with Crippen LogP contribution in [0.25, 0.3) is 22.2 Å². The van der Waals surface area contributed by atoms with E-state index in [2.05, 4.69) is 40.4 Å². The first-order valence-electron chi connectivity index (χ1n) is 11.8. The van der Waals surface area contributed by atoms with Crippen molar-refractivity contribution in [1.82, 2.24) is 15.3 Å². The van der Waals surface area contributed by atoms with Crippen molar-refractivity contribution in [2.75, 3.05) is 13.1 Å². The maximum absolute atomic E-state index is 14.2. The first kappa shape index (κ1) is 24.0. The summed E-state index contributed by atoms with van der Waals surface area (Å²) in [6, 6.07) is 11.2. The Morgan fingerprint density at radius 2 is 1.92 bits per heavy atom. The van der Waals surface area contributed by atoms with Crippen LogP contribution in [-0.4, -0.2) is 23.1 Å². The quantitative estimate of drug-likeness (QED) is 0.403. The average Bonchev–Trinajstić information content (AvgIpc) is 3.27. The van der Waals surface area contributed by atoms with E-state index in [1.807, 2.05) is 24.3 Å². The van der Waals surface area contributed by atoms with Crippen molar-refractivity contribution in [2.24, 2.45) is 11.8 Å². The Labute approximate surface area is 206 Å². The Kier molecular flexibility index (Phi) is 6.27. The van der Waals surface area contributed by atoms with E-state index < -0.39 is 17.6 Å². The number of aromatic amines is 1. The largest absolute Gasteiger partial charge is 0.419 e. The number of benzene rings is 2. The number of nitrogens with one attached hydrogen (secondary N) is 2. The van der Waals surface area contributed by atoms with Crippen LogP contribution in [-0.2, 0) is 6.18 Å². The SMILES string of the molecule is CC1C=C(c2cccc(C#N)c2)C=CC1C(=C1CCNCC1)c1nc2cc(F)c(C(F)(F)F)cc2[nH]1. The fourth-order valence-corrected chi connectivity index (χ4v) is 5.08. The maximum atomic E-state index is 14.2. The van der Waals surface area contributed by atoms with Gasteiger partial charge < -0.3 is 10.3 Å². The molecule has 1 aliphatic heterocycles. The Morgan fingerprint density at radius 1 is 1.14 bits per heavy atom. The van der Waals surface area contributed by atoms with Crippen LogP contribution >= 0.6 is 0 Å². The second-order valence-corrected chi connectivity index (χ2v) is 9.26. The number of aromatic nitrogens is 2. The Morgan fingerprint density at radius 3 is 2.61 bits per heavy atom. The molecule has 2 aromatic carbocycles.